The Morgan fingerprint density at radius 1 is 1.18 bits per heavy atom. The molecular weight excluding hydrogens is 370 g/mol. The van der Waals surface area contributed by atoms with Gasteiger partial charge in [0.15, 0.2) is 0 Å². The molecule has 1 aliphatic rings. The van der Waals surface area contributed by atoms with E-state index in [0.29, 0.717) is 13.1 Å². The summed E-state index contributed by atoms with van der Waals surface area (Å²) < 4.78 is 0. The van der Waals surface area contributed by atoms with Gasteiger partial charge in [-0.05, 0) is 25.0 Å². The van der Waals surface area contributed by atoms with Gasteiger partial charge in [-0.3, -0.25) is 0 Å². The second-order valence-electron chi connectivity index (χ2n) is 7.04. The number of hydrogen-bond acceptors (Lipinski definition) is 5. The van der Waals surface area contributed by atoms with Crippen molar-refractivity contribution in [3.8, 4) is 0 Å². The van der Waals surface area contributed by atoms with Gasteiger partial charge in [0.2, 0.25) is 0 Å². The van der Waals surface area contributed by atoms with E-state index < -0.39 is 0 Å². The lowest BCUT2D eigenvalue weighted by Gasteiger charge is -2.36. The highest BCUT2D eigenvalue weighted by Gasteiger charge is 2.24. The van der Waals surface area contributed by atoms with E-state index in [1.807, 2.05) is 42.2 Å². The minimum Gasteiger partial charge on any atom is -0.352 e. The van der Waals surface area contributed by atoms with Crippen LogP contribution < -0.4 is 10.2 Å². The molecule has 0 radical (unpaired) electrons. The number of nitrogens with zero attached hydrogens (tertiary/aromatic N) is 4. The van der Waals surface area contributed by atoms with Gasteiger partial charge in [0.05, 0.1) is 11.4 Å². The molecule has 28 heavy (non-hydrogen) atoms. The van der Waals surface area contributed by atoms with Crippen molar-refractivity contribution in [2.45, 2.75) is 26.3 Å². The number of rotatable bonds is 4. The standard InChI is InChI=1S/C21H25N5OS/c1-3-17-13-18-19(22-14-23-20(18)28-17)25-9-11-26(12-10-25)21(27)24-15(2)16-7-5-4-6-8-16/h4-8,13-15H,3,9-12H2,1-2H3,(H,24,27)/t15-/m1/s1. The first-order valence-corrected chi connectivity index (χ1v) is 10.6. The van der Waals surface area contributed by atoms with Gasteiger partial charge in [0, 0.05) is 31.1 Å². The number of anilines is 1. The van der Waals surface area contributed by atoms with E-state index in [1.165, 1.54) is 4.88 Å². The van der Waals surface area contributed by atoms with E-state index in [9.17, 15) is 4.79 Å². The SMILES string of the molecule is CCc1cc2c(N3CCN(C(=O)N[C@H](C)c4ccccc4)CC3)ncnc2s1. The van der Waals surface area contributed by atoms with Crippen LogP contribution in [0.4, 0.5) is 10.6 Å². The zero-order chi connectivity index (χ0) is 19.5. The summed E-state index contributed by atoms with van der Waals surface area (Å²) in [7, 11) is 0. The summed E-state index contributed by atoms with van der Waals surface area (Å²) >= 11 is 1.73. The van der Waals surface area contributed by atoms with Crippen molar-refractivity contribution in [1.29, 1.82) is 0 Å². The number of benzene rings is 1. The molecule has 7 heteroatoms. The largest absolute Gasteiger partial charge is 0.352 e. The Labute approximate surface area is 169 Å². The lowest BCUT2D eigenvalue weighted by Crippen LogP contribution is -2.52. The topological polar surface area (TPSA) is 61.4 Å². The highest BCUT2D eigenvalue weighted by molar-refractivity contribution is 7.18. The number of piperazine rings is 1. The maximum atomic E-state index is 12.7. The second-order valence-corrected chi connectivity index (χ2v) is 8.15. The van der Waals surface area contributed by atoms with Crippen molar-refractivity contribution >= 4 is 33.4 Å². The van der Waals surface area contributed by atoms with Gasteiger partial charge in [-0.15, -0.1) is 11.3 Å². The molecule has 3 heterocycles. The normalized spacial score (nSPS) is 15.6. The van der Waals surface area contributed by atoms with Crippen LogP contribution in [-0.4, -0.2) is 47.1 Å². The third kappa shape index (κ3) is 3.80. The fourth-order valence-electron chi connectivity index (χ4n) is 3.54. The van der Waals surface area contributed by atoms with Gasteiger partial charge in [-0.1, -0.05) is 37.3 Å². The molecule has 3 aromatic rings. The fraction of sp³-hybridized carbons (Fsp3) is 0.381. The summed E-state index contributed by atoms with van der Waals surface area (Å²) in [6.45, 7) is 7.09. The molecule has 1 aromatic carbocycles. The number of amides is 2. The van der Waals surface area contributed by atoms with Gasteiger partial charge in [0.25, 0.3) is 0 Å². The first-order chi connectivity index (χ1) is 13.7. The predicted octanol–water partition coefficient (Wildman–Crippen LogP) is 3.85. The first-order valence-electron chi connectivity index (χ1n) is 9.74. The number of hydrogen-bond donors (Lipinski definition) is 1. The Hall–Kier alpha value is -2.67. The van der Waals surface area contributed by atoms with Gasteiger partial charge >= 0.3 is 6.03 Å². The molecular formula is C21H25N5OS. The maximum Gasteiger partial charge on any atom is 0.317 e. The molecule has 1 atom stereocenters. The van der Waals surface area contributed by atoms with E-state index >= 15 is 0 Å². The van der Waals surface area contributed by atoms with Crippen molar-refractivity contribution in [2.75, 3.05) is 31.1 Å². The second kappa shape index (κ2) is 8.14. The van der Waals surface area contributed by atoms with Crippen LogP contribution in [-0.2, 0) is 6.42 Å². The first kappa shape index (κ1) is 18.7. The maximum absolute atomic E-state index is 12.7. The quantitative estimate of drug-likeness (QED) is 0.729. The van der Waals surface area contributed by atoms with Crippen LogP contribution in [0.2, 0.25) is 0 Å². The minimum atomic E-state index is -0.00788. The number of nitrogens with one attached hydrogen (secondary N) is 1. The van der Waals surface area contributed by atoms with E-state index in [-0.39, 0.29) is 12.1 Å². The van der Waals surface area contributed by atoms with Crippen LogP contribution in [0, 0.1) is 0 Å². The number of fused-ring (bicyclic) bond motifs is 1. The Kier molecular flexibility index (Phi) is 5.43. The van der Waals surface area contributed by atoms with Gasteiger partial charge < -0.3 is 15.1 Å². The fourth-order valence-corrected chi connectivity index (χ4v) is 4.47. The molecule has 2 amide bonds. The summed E-state index contributed by atoms with van der Waals surface area (Å²) in [5, 5.41) is 4.23. The minimum absolute atomic E-state index is 0.00681. The third-order valence-electron chi connectivity index (χ3n) is 5.21. The summed E-state index contributed by atoms with van der Waals surface area (Å²) in [5.41, 5.74) is 1.11. The Balaban J connectivity index is 1.39. The van der Waals surface area contributed by atoms with Gasteiger partial charge in [-0.25, -0.2) is 14.8 Å². The molecule has 1 fully saturated rings. The van der Waals surface area contributed by atoms with Crippen LogP contribution in [0.1, 0.15) is 30.3 Å². The van der Waals surface area contributed by atoms with Crippen molar-refractivity contribution in [2.24, 2.45) is 0 Å². The molecule has 1 aliphatic heterocycles. The molecule has 146 valence electrons. The number of thiophene rings is 1. The van der Waals surface area contributed by atoms with E-state index in [4.69, 9.17) is 0 Å². The molecule has 0 unspecified atom stereocenters. The van der Waals surface area contributed by atoms with Gasteiger partial charge in [-0.2, -0.15) is 0 Å². The van der Waals surface area contributed by atoms with E-state index in [1.54, 1.807) is 17.7 Å². The lowest BCUT2D eigenvalue weighted by molar-refractivity contribution is 0.191. The lowest BCUT2D eigenvalue weighted by atomic mass is 10.1. The van der Waals surface area contributed by atoms with E-state index in [2.05, 4.69) is 33.2 Å². The number of carbonyl (C=O) groups excluding carboxylic acids is 1. The molecule has 6 nitrogen and oxygen atoms in total. The molecule has 0 aliphatic carbocycles. The van der Waals surface area contributed by atoms with Crippen LogP contribution >= 0.6 is 11.3 Å². The average molecular weight is 396 g/mol. The highest BCUT2D eigenvalue weighted by Crippen LogP contribution is 2.31. The summed E-state index contributed by atoms with van der Waals surface area (Å²) in [6.07, 6.45) is 2.66. The average Bonchev–Trinajstić information content (AvgIpc) is 3.18. The summed E-state index contributed by atoms with van der Waals surface area (Å²) in [5.74, 6) is 0.985. The zero-order valence-electron chi connectivity index (χ0n) is 16.3. The van der Waals surface area contributed by atoms with Crippen molar-refractivity contribution in [3.05, 3.63) is 53.2 Å². The Morgan fingerprint density at radius 2 is 1.93 bits per heavy atom. The molecule has 0 saturated carbocycles. The van der Waals surface area contributed by atoms with Crippen molar-refractivity contribution < 1.29 is 4.79 Å². The Morgan fingerprint density at radius 3 is 2.64 bits per heavy atom. The smallest absolute Gasteiger partial charge is 0.317 e. The predicted molar refractivity (Wildman–Crippen MR) is 114 cm³/mol. The van der Waals surface area contributed by atoms with E-state index in [0.717, 1.165) is 41.1 Å². The zero-order valence-corrected chi connectivity index (χ0v) is 17.1. The molecule has 0 bridgehead atoms. The molecule has 4 rings (SSSR count). The van der Waals surface area contributed by atoms with Crippen LogP contribution in [0.15, 0.2) is 42.7 Å². The van der Waals surface area contributed by atoms with Crippen LogP contribution in [0.25, 0.3) is 10.2 Å². The molecule has 0 spiro atoms. The van der Waals surface area contributed by atoms with Crippen LogP contribution in [0.3, 0.4) is 0 Å². The highest BCUT2D eigenvalue weighted by atomic mass is 32.1. The third-order valence-corrected chi connectivity index (χ3v) is 6.40. The number of carbonyl (C=O) groups is 1. The molecule has 1 N–H and O–H groups in total. The van der Waals surface area contributed by atoms with Crippen molar-refractivity contribution in [1.82, 2.24) is 20.2 Å². The number of aryl methyl sites for hydroxylation is 1. The monoisotopic (exact) mass is 395 g/mol. The summed E-state index contributed by atoms with van der Waals surface area (Å²) in [4.78, 5) is 28.1. The molecule has 2 aromatic heterocycles. The Bertz CT molecular complexity index is 950. The van der Waals surface area contributed by atoms with Crippen molar-refractivity contribution in [3.63, 3.8) is 0 Å². The number of urea groups is 1. The summed E-state index contributed by atoms with van der Waals surface area (Å²) in [6, 6.07) is 12.2. The number of aromatic nitrogens is 2. The van der Waals surface area contributed by atoms with Gasteiger partial charge in [0.1, 0.15) is 17.0 Å². The van der Waals surface area contributed by atoms with Crippen LogP contribution in [0.5, 0.6) is 0 Å². The molecule has 1 saturated heterocycles.